The highest BCUT2D eigenvalue weighted by Crippen LogP contribution is 2.41. The van der Waals surface area contributed by atoms with Crippen molar-refractivity contribution in [1.29, 1.82) is 0 Å². The molecule has 0 aliphatic rings. The molecule has 0 aromatic heterocycles. The van der Waals surface area contributed by atoms with Crippen molar-refractivity contribution in [3.8, 4) is 0 Å². The summed E-state index contributed by atoms with van der Waals surface area (Å²) in [7, 11) is -3.61. The quantitative estimate of drug-likeness (QED) is 0.622. The number of hydrogen-bond acceptors (Lipinski definition) is 2. The first-order valence-electron chi connectivity index (χ1n) is 5.11. The Kier molecular flexibility index (Phi) is 4.52. The molecular weight excluding hydrogens is 211 g/mol. The number of unbranched alkanes of at least 4 members (excludes halogenated alkanes) is 1. The van der Waals surface area contributed by atoms with Crippen LogP contribution in [0, 0.1) is 6.92 Å². The Morgan fingerprint density at radius 2 is 2.07 bits per heavy atom. The minimum Gasteiger partial charge on any atom is -0.321 e. The molecule has 1 atom stereocenters. The lowest BCUT2D eigenvalue weighted by atomic mass is 10.2. The predicted octanol–water partition coefficient (Wildman–Crippen LogP) is 2.62. The van der Waals surface area contributed by atoms with E-state index in [4.69, 9.17) is 4.52 Å². The van der Waals surface area contributed by atoms with Gasteiger partial charge in [-0.25, -0.2) is 0 Å². The van der Waals surface area contributed by atoms with Gasteiger partial charge < -0.3 is 9.42 Å². The molecule has 4 heteroatoms. The van der Waals surface area contributed by atoms with Gasteiger partial charge in [0.1, 0.15) is 0 Å². The van der Waals surface area contributed by atoms with Crippen molar-refractivity contribution in [3.63, 3.8) is 0 Å². The van der Waals surface area contributed by atoms with Crippen LogP contribution in [0.3, 0.4) is 0 Å². The van der Waals surface area contributed by atoms with Gasteiger partial charge in [-0.05, 0) is 25.0 Å². The third-order valence-electron chi connectivity index (χ3n) is 2.18. The van der Waals surface area contributed by atoms with Crippen LogP contribution in [0.15, 0.2) is 24.3 Å². The first-order chi connectivity index (χ1) is 7.08. The van der Waals surface area contributed by atoms with E-state index in [2.05, 4.69) is 0 Å². The summed E-state index contributed by atoms with van der Waals surface area (Å²) in [4.78, 5) is 9.73. The van der Waals surface area contributed by atoms with Gasteiger partial charge >= 0.3 is 7.60 Å². The molecule has 1 unspecified atom stereocenters. The summed E-state index contributed by atoms with van der Waals surface area (Å²) in [6.45, 7) is 4.15. The maximum Gasteiger partial charge on any atom is 0.359 e. The van der Waals surface area contributed by atoms with Gasteiger partial charge in [0.15, 0.2) is 0 Å². The highest BCUT2D eigenvalue weighted by atomic mass is 31.2. The average molecular weight is 228 g/mol. The molecule has 84 valence electrons. The van der Waals surface area contributed by atoms with Crippen molar-refractivity contribution >= 4 is 12.9 Å². The van der Waals surface area contributed by atoms with Crippen molar-refractivity contribution < 1.29 is 14.0 Å². The minimum absolute atomic E-state index is 0.332. The predicted molar refractivity (Wildman–Crippen MR) is 61.5 cm³/mol. The van der Waals surface area contributed by atoms with E-state index >= 15 is 0 Å². The van der Waals surface area contributed by atoms with Gasteiger partial charge in [0.25, 0.3) is 0 Å². The highest BCUT2D eigenvalue weighted by Gasteiger charge is 2.23. The summed E-state index contributed by atoms with van der Waals surface area (Å²) >= 11 is 0. The normalized spacial score (nSPS) is 14.9. The number of hydrogen-bond donors (Lipinski definition) is 1. The Balaban J connectivity index is 2.77. The largest absolute Gasteiger partial charge is 0.359 e. The molecule has 0 radical (unpaired) electrons. The maximum absolute atomic E-state index is 11.8. The van der Waals surface area contributed by atoms with Crippen molar-refractivity contribution in [2.45, 2.75) is 26.7 Å². The second-order valence-electron chi connectivity index (χ2n) is 3.49. The van der Waals surface area contributed by atoms with E-state index < -0.39 is 7.60 Å². The standard InChI is InChI=1S/C11H17O3P/c1-3-4-9-14-15(12,13)11-8-6-5-7-10(11)2/h5-8H,3-4,9H2,1-2H3,(H,12,13). The lowest BCUT2D eigenvalue weighted by Gasteiger charge is -2.13. The zero-order valence-electron chi connectivity index (χ0n) is 9.14. The second kappa shape index (κ2) is 5.45. The second-order valence-corrected chi connectivity index (χ2v) is 5.27. The van der Waals surface area contributed by atoms with Crippen LogP contribution >= 0.6 is 7.60 Å². The van der Waals surface area contributed by atoms with Gasteiger partial charge in [-0.1, -0.05) is 31.5 Å². The molecule has 1 N–H and O–H groups in total. The molecule has 3 nitrogen and oxygen atoms in total. The highest BCUT2D eigenvalue weighted by molar-refractivity contribution is 7.61. The summed E-state index contributed by atoms with van der Waals surface area (Å²) in [5.74, 6) is 0. The zero-order valence-corrected chi connectivity index (χ0v) is 10.0. The Morgan fingerprint density at radius 3 is 2.67 bits per heavy atom. The van der Waals surface area contributed by atoms with Crippen molar-refractivity contribution in [3.05, 3.63) is 29.8 Å². The Bertz CT molecular complexity index is 363. The van der Waals surface area contributed by atoms with Crippen LogP contribution < -0.4 is 5.30 Å². The van der Waals surface area contributed by atoms with Crippen LogP contribution in [-0.2, 0) is 9.09 Å². The fraction of sp³-hybridized carbons (Fsp3) is 0.455. The Morgan fingerprint density at radius 1 is 1.40 bits per heavy atom. The van der Waals surface area contributed by atoms with E-state index in [-0.39, 0.29) is 0 Å². The SMILES string of the molecule is CCCCOP(=O)(O)c1ccccc1C. The first-order valence-corrected chi connectivity index (χ1v) is 6.69. The van der Waals surface area contributed by atoms with Crippen LogP contribution in [0.5, 0.6) is 0 Å². The molecule has 0 aliphatic carbocycles. The molecule has 0 saturated carbocycles. The third kappa shape index (κ3) is 3.45. The van der Waals surface area contributed by atoms with Gasteiger partial charge in [-0.15, -0.1) is 0 Å². The lowest BCUT2D eigenvalue weighted by Crippen LogP contribution is -2.10. The van der Waals surface area contributed by atoms with E-state index in [1.807, 2.05) is 13.0 Å². The van der Waals surface area contributed by atoms with Crippen molar-refractivity contribution in [2.24, 2.45) is 0 Å². The Labute approximate surface area is 90.6 Å². The van der Waals surface area contributed by atoms with E-state index in [1.54, 1.807) is 25.1 Å². The molecule has 0 spiro atoms. The molecule has 0 bridgehead atoms. The maximum atomic E-state index is 11.8. The van der Waals surface area contributed by atoms with E-state index in [0.29, 0.717) is 11.9 Å². The summed E-state index contributed by atoms with van der Waals surface area (Å²) < 4.78 is 16.9. The van der Waals surface area contributed by atoms with Crippen LogP contribution in [0.2, 0.25) is 0 Å². The smallest absolute Gasteiger partial charge is 0.321 e. The van der Waals surface area contributed by atoms with Gasteiger partial charge in [0.05, 0.1) is 11.9 Å². The van der Waals surface area contributed by atoms with Gasteiger partial charge in [-0.2, -0.15) is 0 Å². The molecule has 0 amide bonds. The molecule has 0 fully saturated rings. The lowest BCUT2D eigenvalue weighted by molar-refractivity contribution is 0.264. The fourth-order valence-corrected chi connectivity index (χ4v) is 2.59. The van der Waals surface area contributed by atoms with E-state index in [1.165, 1.54) is 0 Å². The molecule has 0 aliphatic heterocycles. The summed E-state index contributed by atoms with van der Waals surface area (Å²) in [6.07, 6.45) is 1.75. The molecule has 0 saturated heterocycles. The summed E-state index contributed by atoms with van der Waals surface area (Å²) in [6, 6.07) is 7.03. The first kappa shape index (κ1) is 12.4. The molecule has 15 heavy (non-hydrogen) atoms. The Hall–Kier alpha value is -0.630. The number of benzene rings is 1. The molecule has 1 aromatic carbocycles. The van der Waals surface area contributed by atoms with Gasteiger partial charge in [0.2, 0.25) is 0 Å². The molecular formula is C11H17O3P. The number of aryl methyl sites for hydroxylation is 1. The van der Waals surface area contributed by atoms with Crippen LogP contribution in [0.4, 0.5) is 0 Å². The molecule has 1 rings (SSSR count). The molecule has 0 heterocycles. The van der Waals surface area contributed by atoms with Crippen LogP contribution in [0.25, 0.3) is 0 Å². The monoisotopic (exact) mass is 228 g/mol. The van der Waals surface area contributed by atoms with Crippen molar-refractivity contribution in [1.82, 2.24) is 0 Å². The van der Waals surface area contributed by atoms with E-state index in [0.717, 1.165) is 18.4 Å². The minimum atomic E-state index is -3.61. The van der Waals surface area contributed by atoms with E-state index in [9.17, 15) is 9.46 Å². The van der Waals surface area contributed by atoms with Crippen molar-refractivity contribution in [2.75, 3.05) is 6.61 Å². The van der Waals surface area contributed by atoms with Crippen LogP contribution in [-0.4, -0.2) is 11.5 Å². The average Bonchev–Trinajstić information content (AvgIpc) is 2.18. The zero-order chi connectivity index (χ0) is 11.3. The summed E-state index contributed by atoms with van der Waals surface area (Å²) in [5, 5.41) is 0.404. The molecule has 1 aromatic rings. The van der Waals surface area contributed by atoms with Gasteiger partial charge in [0, 0.05) is 0 Å². The van der Waals surface area contributed by atoms with Gasteiger partial charge in [-0.3, -0.25) is 4.57 Å². The summed E-state index contributed by atoms with van der Waals surface area (Å²) in [5.41, 5.74) is 0.792. The third-order valence-corrected chi connectivity index (χ3v) is 3.83. The topological polar surface area (TPSA) is 46.5 Å². The van der Waals surface area contributed by atoms with Crippen LogP contribution in [0.1, 0.15) is 25.3 Å². The number of rotatable bonds is 5. The fourth-order valence-electron chi connectivity index (χ4n) is 1.28.